The molecule has 1 N–H and O–H groups in total. The van der Waals surface area contributed by atoms with E-state index in [2.05, 4.69) is 10.3 Å². The lowest BCUT2D eigenvalue weighted by atomic mass is 10.4. The third-order valence-corrected chi connectivity index (χ3v) is 1.86. The van der Waals surface area contributed by atoms with Crippen molar-refractivity contribution in [1.82, 2.24) is 15.0 Å². The van der Waals surface area contributed by atoms with Crippen LogP contribution in [-0.4, -0.2) is 26.1 Å². The lowest BCUT2D eigenvalue weighted by molar-refractivity contribution is -0.134. The summed E-state index contributed by atoms with van der Waals surface area (Å²) in [5.41, 5.74) is 0.191. The second-order valence-electron chi connectivity index (χ2n) is 2.10. The van der Waals surface area contributed by atoms with Crippen LogP contribution >= 0.6 is 22.6 Å². The average molecular weight is 297 g/mol. The van der Waals surface area contributed by atoms with Crippen LogP contribution in [0.5, 0.6) is 0 Å². The maximum absolute atomic E-state index is 12.5. The Balaban J connectivity index is 2.84. The Hall–Kier alpha value is -0.990. The molecule has 0 fully saturated rings. The normalized spacial score (nSPS) is 11.7. The van der Waals surface area contributed by atoms with Crippen molar-refractivity contribution < 1.29 is 14.3 Å². The first-order chi connectivity index (χ1) is 6.13. The Bertz CT molecular complexity index is 349. The van der Waals surface area contributed by atoms with Crippen molar-refractivity contribution >= 4 is 34.6 Å². The number of hydrogen-bond acceptors (Lipinski definition) is 3. The Morgan fingerprint density at radius 3 is 3.00 bits per heavy atom. The minimum atomic E-state index is -1.61. The Labute approximate surface area is 86.4 Å². The molecular weight excluding hydrogens is 292 g/mol. The number of nitrogens with zero attached hydrogens (tertiary/aromatic N) is 3. The molecule has 0 saturated heterocycles. The van der Waals surface area contributed by atoms with E-state index in [0.717, 1.165) is 6.08 Å². The van der Waals surface area contributed by atoms with Crippen LogP contribution in [0, 0.1) is 0 Å². The maximum Gasteiger partial charge on any atom is 0.364 e. The van der Waals surface area contributed by atoms with Crippen molar-refractivity contribution in [3.8, 4) is 0 Å². The SMILES string of the molecule is O=C(O)/C(F)=C/c1cn(CI)nn1. The number of aliphatic carboxylic acids is 1. The van der Waals surface area contributed by atoms with E-state index < -0.39 is 11.8 Å². The molecule has 5 nitrogen and oxygen atoms in total. The molecule has 13 heavy (non-hydrogen) atoms. The average Bonchev–Trinajstić information content (AvgIpc) is 2.52. The molecule has 1 aromatic rings. The van der Waals surface area contributed by atoms with Crippen molar-refractivity contribution in [2.24, 2.45) is 0 Å². The van der Waals surface area contributed by atoms with Gasteiger partial charge in [0.1, 0.15) is 5.69 Å². The third-order valence-electron chi connectivity index (χ3n) is 1.16. The molecule has 0 radical (unpaired) electrons. The van der Waals surface area contributed by atoms with Gasteiger partial charge in [0.25, 0.3) is 0 Å². The summed E-state index contributed by atoms with van der Waals surface area (Å²) in [6.45, 7) is 0. The minimum Gasteiger partial charge on any atom is -0.476 e. The lowest BCUT2D eigenvalue weighted by Crippen LogP contribution is -1.94. The van der Waals surface area contributed by atoms with Gasteiger partial charge in [0.2, 0.25) is 5.83 Å². The third kappa shape index (κ3) is 2.76. The number of rotatable bonds is 3. The number of carboxylic acids is 1. The Morgan fingerprint density at radius 2 is 2.54 bits per heavy atom. The van der Waals surface area contributed by atoms with E-state index in [1.165, 1.54) is 10.9 Å². The summed E-state index contributed by atoms with van der Waals surface area (Å²) in [5.74, 6) is -2.86. The van der Waals surface area contributed by atoms with Crippen LogP contribution in [0.2, 0.25) is 0 Å². The van der Waals surface area contributed by atoms with E-state index in [1.54, 1.807) is 0 Å². The summed E-state index contributed by atoms with van der Waals surface area (Å²) in [6, 6.07) is 0. The van der Waals surface area contributed by atoms with Crippen LogP contribution in [0.3, 0.4) is 0 Å². The number of carboxylic acid groups (broad SMARTS) is 1. The van der Waals surface area contributed by atoms with Crippen LogP contribution in [0.25, 0.3) is 6.08 Å². The molecule has 1 rings (SSSR count). The fraction of sp³-hybridized carbons (Fsp3) is 0.167. The zero-order valence-corrected chi connectivity index (χ0v) is 8.47. The van der Waals surface area contributed by atoms with Crippen LogP contribution < -0.4 is 0 Å². The molecule has 0 bridgehead atoms. The molecule has 0 atom stereocenters. The monoisotopic (exact) mass is 297 g/mol. The van der Waals surface area contributed by atoms with Crippen LogP contribution in [0.1, 0.15) is 5.69 Å². The largest absolute Gasteiger partial charge is 0.476 e. The summed E-state index contributed by atoms with van der Waals surface area (Å²) in [4.78, 5) is 10.1. The molecular formula is C6H5FIN3O2. The van der Waals surface area contributed by atoms with Gasteiger partial charge in [-0.1, -0.05) is 27.8 Å². The van der Waals surface area contributed by atoms with Gasteiger partial charge in [-0.15, -0.1) is 5.10 Å². The Kier molecular flexibility index (Phi) is 3.34. The molecule has 1 heterocycles. The number of aromatic nitrogens is 3. The molecule has 0 saturated carbocycles. The highest BCUT2D eigenvalue weighted by Crippen LogP contribution is 2.05. The van der Waals surface area contributed by atoms with E-state index >= 15 is 0 Å². The van der Waals surface area contributed by atoms with Gasteiger partial charge in [0.15, 0.2) is 0 Å². The van der Waals surface area contributed by atoms with E-state index in [0.29, 0.717) is 4.55 Å². The highest BCUT2D eigenvalue weighted by atomic mass is 127. The number of halogens is 2. The Morgan fingerprint density at radius 1 is 1.85 bits per heavy atom. The van der Waals surface area contributed by atoms with Gasteiger partial charge in [0.05, 0.1) is 10.7 Å². The van der Waals surface area contributed by atoms with Crippen molar-refractivity contribution in [2.45, 2.75) is 4.55 Å². The van der Waals surface area contributed by atoms with E-state index in [1.807, 2.05) is 22.6 Å². The fourth-order valence-corrected chi connectivity index (χ4v) is 0.963. The summed E-state index contributed by atoms with van der Waals surface area (Å²) >= 11 is 2.04. The van der Waals surface area contributed by atoms with Gasteiger partial charge in [0, 0.05) is 6.08 Å². The number of hydrogen-bond donors (Lipinski definition) is 1. The molecule has 0 unspecified atom stereocenters. The summed E-state index contributed by atoms with van der Waals surface area (Å²) in [7, 11) is 0. The van der Waals surface area contributed by atoms with Crippen molar-refractivity contribution in [1.29, 1.82) is 0 Å². The van der Waals surface area contributed by atoms with Gasteiger partial charge in [-0.25, -0.2) is 9.48 Å². The summed E-state index contributed by atoms with van der Waals surface area (Å²) in [6.07, 6.45) is 2.27. The second kappa shape index (κ2) is 4.30. The standard InChI is InChI=1S/C6H5FIN3O2/c7-5(6(12)13)1-4-2-11(3-8)10-9-4/h1-2H,3H2,(H,12,13)/b5-1-. The predicted molar refractivity (Wildman–Crippen MR) is 50.8 cm³/mol. The van der Waals surface area contributed by atoms with Crippen molar-refractivity contribution in [2.75, 3.05) is 0 Å². The van der Waals surface area contributed by atoms with Crippen LogP contribution in [0.4, 0.5) is 4.39 Å². The molecule has 1 aromatic heterocycles. The van der Waals surface area contributed by atoms with Crippen molar-refractivity contribution in [3.63, 3.8) is 0 Å². The molecule has 0 aromatic carbocycles. The highest BCUT2D eigenvalue weighted by molar-refractivity contribution is 14.1. The molecule has 0 spiro atoms. The molecule has 0 aliphatic carbocycles. The molecule has 0 aliphatic heterocycles. The van der Waals surface area contributed by atoms with E-state index in [-0.39, 0.29) is 5.69 Å². The quantitative estimate of drug-likeness (QED) is 0.515. The lowest BCUT2D eigenvalue weighted by Gasteiger charge is -1.86. The van der Waals surface area contributed by atoms with Gasteiger partial charge in [-0.05, 0) is 0 Å². The second-order valence-corrected chi connectivity index (χ2v) is 2.78. The summed E-state index contributed by atoms with van der Waals surface area (Å²) < 4.78 is 14.5. The van der Waals surface area contributed by atoms with Crippen LogP contribution in [0.15, 0.2) is 12.0 Å². The highest BCUT2D eigenvalue weighted by Gasteiger charge is 2.06. The summed E-state index contributed by atoms with van der Waals surface area (Å²) in [5, 5.41) is 15.3. The first kappa shape index (κ1) is 10.1. The van der Waals surface area contributed by atoms with Gasteiger partial charge in [-0.3, -0.25) is 0 Å². The first-order valence-corrected chi connectivity index (χ1v) is 4.72. The van der Waals surface area contributed by atoms with Crippen LogP contribution in [-0.2, 0) is 9.35 Å². The number of carbonyl (C=O) groups is 1. The predicted octanol–water partition coefficient (Wildman–Crippen LogP) is 1.07. The van der Waals surface area contributed by atoms with Gasteiger partial charge in [-0.2, -0.15) is 4.39 Å². The zero-order valence-electron chi connectivity index (χ0n) is 6.31. The molecule has 0 aliphatic rings. The van der Waals surface area contributed by atoms with E-state index in [4.69, 9.17) is 5.11 Å². The molecule has 70 valence electrons. The van der Waals surface area contributed by atoms with Gasteiger partial charge < -0.3 is 5.11 Å². The molecule has 7 heteroatoms. The smallest absolute Gasteiger partial charge is 0.364 e. The topological polar surface area (TPSA) is 68.0 Å². The number of alkyl halides is 1. The van der Waals surface area contributed by atoms with E-state index in [9.17, 15) is 9.18 Å². The maximum atomic E-state index is 12.5. The minimum absolute atomic E-state index is 0.191. The zero-order chi connectivity index (χ0) is 9.84. The first-order valence-electron chi connectivity index (χ1n) is 3.20. The van der Waals surface area contributed by atoms with Crippen molar-refractivity contribution in [3.05, 3.63) is 17.7 Å². The van der Waals surface area contributed by atoms with Gasteiger partial charge >= 0.3 is 5.97 Å². The molecule has 0 amide bonds. The fourth-order valence-electron chi connectivity index (χ4n) is 0.630.